The van der Waals surface area contributed by atoms with Crippen LogP contribution in [0.2, 0.25) is 0 Å². The number of anilines is 1. The molecule has 0 unspecified atom stereocenters. The van der Waals surface area contributed by atoms with Crippen molar-refractivity contribution in [3.63, 3.8) is 0 Å². The van der Waals surface area contributed by atoms with Crippen LogP contribution in [0.1, 0.15) is 11.1 Å². The van der Waals surface area contributed by atoms with Crippen LogP contribution in [0.25, 0.3) is 0 Å². The molecule has 1 heterocycles. The zero-order chi connectivity index (χ0) is 13.7. The number of aryl methyl sites for hydroxylation is 2. The summed E-state index contributed by atoms with van der Waals surface area (Å²) in [6.45, 7) is 4.82. The smallest absolute Gasteiger partial charge is 0.119 e. The molecule has 3 nitrogen and oxygen atoms in total. The SMILES string of the molecule is Cc1cc(C)cc(OCCSc2ccc(N)cn2)c1. The van der Waals surface area contributed by atoms with Crippen molar-refractivity contribution in [2.75, 3.05) is 18.1 Å². The van der Waals surface area contributed by atoms with Crippen LogP contribution >= 0.6 is 11.8 Å². The van der Waals surface area contributed by atoms with E-state index in [1.807, 2.05) is 12.1 Å². The highest BCUT2D eigenvalue weighted by Crippen LogP contribution is 2.18. The zero-order valence-corrected chi connectivity index (χ0v) is 12.0. The number of nitrogen functional groups attached to an aromatic ring is 1. The summed E-state index contributed by atoms with van der Waals surface area (Å²) >= 11 is 1.67. The van der Waals surface area contributed by atoms with E-state index in [0.29, 0.717) is 12.3 Å². The van der Waals surface area contributed by atoms with E-state index < -0.39 is 0 Å². The minimum atomic E-state index is 0.666. The number of thioether (sulfide) groups is 1. The van der Waals surface area contributed by atoms with Crippen LogP contribution < -0.4 is 10.5 Å². The summed E-state index contributed by atoms with van der Waals surface area (Å²) in [7, 11) is 0. The molecule has 0 saturated heterocycles. The maximum atomic E-state index is 5.74. The number of nitrogens with two attached hydrogens (primary N) is 1. The summed E-state index contributed by atoms with van der Waals surface area (Å²) in [6, 6.07) is 10.0. The van der Waals surface area contributed by atoms with E-state index in [9.17, 15) is 0 Å². The van der Waals surface area contributed by atoms with Gasteiger partial charge in [-0.15, -0.1) is 11.8 Å². The standard InChI is InChI=1S/C15H18N2OS/c1-11-7-12(2)9-14(8-11)18-5-6-19-15-4-3-13(16)10-17-15/h3-4,7-10H,5-6,16H2,1-2H3. The molecule has 0 bridgehead atoms. The number of benzene rings is 1. The second kappa shape index (κ2) is 6.48. The van der Waals surface area contributed by atoms with Crippen LogP contribution in [0.3, 0.4) is 0 Å². The molecule has 2 N–H and O–H groups in total. The van der Waals surface area contributed by atoms with Gasteiger partial charge >= 0.3 is 0 Å². The summed E-state index contributed by atoms with van der Waals surface area (Å²) in [5.41, 5.74) is 8.73. The average Bonchev–Trinajstić information content (AvgIpc) is 2.36. The Bertz CT molecular complexity index is 520. The molecule has 100 valence electrons. The third-order valence-electron chi connectivity index (χ3n) is 2.56. The lowest BCUT2D eigenvalue weighted by Crippen LogP contribution is -2.01. The molecule has 0 atom stereocenters. The highest BCUT2D eigenvalue weighted by molar-refractivity contribution is 7.99. The Kier molecular flexibility index (Phi) is 4.68. The summed E-state index contributed by atoms with van der Waals surface area (Å²) in [6.07, 6.45) is 1.67. The fourth-order valence-corrected chi connectivity index (χ4v) is 2.47. The normalized spacial score (nSPS) is 10.4. The Morgan fingerprint density at radius 3 is 2.53 bits per heavy atom. The summed E-state index contributed by atoms with van der Waals surface area (Å²) in [4.78, 5) is 4.23. The molecular formula is C15H18N2OS. The number of hydrogen-bond donors (Lipinski definition) is 1. The van der Waals surface area contributed by atoms with Crippen LogP contribution in [-0.2, 0) is 0 Å². The third-order valence-corrected chi connectivity index (χ3v) is 3.46. The van der Waals surface area contributed by atoms with Gasteiger partial charge in [-0.3, -0.25) is 0 Å². The summed E-state index contributed by atoms with van der Waals surface area (Å²) < 4.78 is 5.74. The Hall–Kier alpha value is -1.68. The van der Waals surface area contributed by atoms with E-state index in [4.69, 9.17) is 10.5 Å². The number of ether oxygens (including phenoxy) is 1. The van der Waals surface area contributed by atoms with E-state index in [0.717, 1.165) is 16.5 Å². The number of nitrogens with zero attached hydrogens (tertiary/aromatic N) is 1. The molecule has 0 fully saturated rings. The van der Waals surface area contributed by atoms with E-state index in [-0.39, 0.29) is 0 Å². The fraction of sp³-hybridized carbons (Fsp3) is 0.267. The van der Waals surface area contributed by atoms with Gasteiger partial charge < -0.3 is 10.5 Å². The molecule has 0 aliphatic rings. The Morgan fingerprint density at radius 1 is 1.16 bits per heavy atom. The van der Waals surface area contributed by atoms with Crippen molar-refractivity contribution in [3.05, 3.63) is 47.7 Å². The minimum Gasteiger partial charge on any atom is -0.493 e. The van der Waals surface area contributed by atoms with Gasteiger partial charge in [-0.2, -0.15) is 0 Å². The van der Waals surface area contributed by atoms with Gasteiger partial charge in [0, 0.05) is 5.75 Å². The zero-order valence-electron chi connectivity index (χ0n) is 11.2. The van der Waals surface area contributed by atoms with E-state index >= 15 is 0 Å². The minimum absolute atomic E-state index is 0.666. The topological polar surface area (TPSA) is 48.1 Å². The molecule has 4 heteroatoms. The van der Waals surface area contributed by atoms with E-state index in [1.165, 1.54) is 11.1 Å². The number of pyridine rings is 1. The molecule has 1 aromatic heterocycles. The molecular weight excluding hydrogens is 256 g/mol. The second-order valence-corrected chi connectivity index (χ2v) is 5.57. The molecule has 0 saturated carbocycles. The number of aromatic nitrogens is 1. The van der Waals surface area contributed by atoms with E-state index in [1.54, 1.807) is 18.0 Å². The van der Waals surface area contributed by atoms with E-state index in [2.05, 4.69) is 37.0 Å². The van der Waals surface area contributed by atoms with Crippen molar-refractivity contribution in [3.8, 4) is 5.75 Å². The predicted octanol–water partition coefficient (Wildman–Crippen LogP) is 3.45. The van der Waals surface area contributed by atoms with Crippen LogP contribution in [0.15, 0.2) is 41.6 Å². The van der Waals surface area contributed by atoms with Gasteiger partial charge in [0.1, 0.15) is 5.75 Å². The van der Waals surface area contributed by atoms with Gasteiger partial charge in [0.2, 0.25) is 0 Å². The molecule has 1 aromatic carbocycles. The first-order chi connectivity index (χ1) is 9.13. The van der Waals surface area contributed by atoms with Crippen molar-refractivity contribution in [2.24, 2.45) is 0 Å². The van der Waals surface area contributed by atoms with Gasteiger partial charge in [-0.05, 0) is 49.2 Å². The molecule has 0 radical (unpaired) electrons. The average molecular weight is 274 g/mol. The van der Waals surface area contributed by atoms with Gasteiger partial charge in [0.15, 0.2) is 0 Å². The first kappa shape index (κ1) is 13.7. The highest BCUT2D eigenvalue weighted by Gasteiger charge is 1.99. The lowest BCUT2D eigenvalue weighted by atomic mass is 10.1. The van der Waals surface area contributed by atoms with Crippen LogP contribution in [0.5, 0.6) is 5.75 Å². The highest BCUT2D eigenvalue weighted by atomic mass is 32.2. The molecule has 0 spiro atoms. The van der Waals surface area contributed by atoms with Gasteiger partial charge in [0.05, 0.1) is 23.5 Å². The lowest BCUT2D eigenvalue weighted by Gasteiger charge is -2.08. The molecule has 0 aliphatic carbocycles. The van der Waals surface area contributed by atoms with Crippen LogP contribution in [0.4, 0.5) is 5.69 Å². The molecule has 0 amide bonds. The summed E-state index contributed by atoms with van der Waals surface area (Å²) in [5, 5.41) is 0.971. The maximum absolute atomic E-state index is 5.74. The van der Waals surface area contributed by atoms with Crippen LogP contribution in [-0.4, -0.2) is 17.3 Å². The predicted molar refractivity (Wildman–Crippen MR) is 80.8 cm³/mol. The number of hydrogen-bond acceptors (Lipinski definition) is 4. The quantitative estimate of drug-likeness (QED) is 0.670. The first-order valence-electron chi connectivity index (χ1n) is 6.19. The Labute approximate surface area is 118 Å². The largest absolute Gasteiger partial charge is 0.493 e. The monoisotopic (exact) mass is 274 g/mol. The molecule has 0 aliphatic heterocycles. The second-order valence-electron chi connectivity index (χ2n) is 4.45. The van der Waals surface area contributed by atoms with Gasteiger partial charge in [0.25, 0.3) is 0 Å². The van der Waals surface area contributed by atoms with Crippen molar-refractivity contribution in [1.29, 1.82) is 0 Å². The van der Waals surface area contributed by atoms with Gasteiger partial charge in [-0.1, -0.05) is 6.07 Å². The van der Waals surface area contributed by atoms with Gasteiger partial charge in [-0.25, -0.2) is 4.98 Å². The third kappa shape index (κ3) is 4.48. The van der Waals surface area contributed by atoms with Crippen molar-refractivity contribution < 1.29 is 4.74 Å². The maximum Gasteiger partial charge on any atom is 0.119 e. The number of rotatable bonds is 5. The molecule has 2 aromatic rings. The van der Waals surface area contributed by atoms with Crippen molar-refractivity contribution >= 4 is 17.4 Å². The van der Waals surface area contributed by atoms with Crippen molar-refractivity contribution in [1.82, 2.24) is 4.98 Å². The van der Waals surface area contributed by atoms with Crippen molar-refractivity contribution in [2.45, 2.75) is 18.9 Å². The lowest BCUT2D eigenvalue weighted by molar-refractivity contribution is 0.343. The van der Waals surface area contributed by atoms with Crippen LogP contribution in [0, 0.1) is 13.8 Å². The Balaban J connectivity index is 1.79. The Morgan fingerprint density at radius 2 is 1.89 bits per heavy atom. The molecule has 2 rings (SSSR count). The molecule has 19 heavy (non-hydrogen) atoms. The first-order valence-corrected chi connectivity index (χ1v) is 7.17. The summed E-state index contributed by atoms with van der Waals surface area (Å²) in [5.74, 6) is 1.80. The fourth-order valence-electron chi connectivity index (χ4n) is 1.80.